The van der Waals surface area contributed by atoms with Crippen molar-refractivity contribution < 1.29 is 19.1 Å². The Morgan fingerprint density at radius 2 is 2.19 bits per heavy atom. The fourth-order valence-corrected chi connectivity index (χ4v) is 2.65. The summed E-state index contributed by atoms with van der Waals surface area (Å²) >= 11 is 0. The molecule has 5 heteroatoms. The summed E-state index contributed by atoms with van der Waals surface area (Å²) in [5.74, 6) is -0.390. The number of rotatable bonds is 6. The summed E-state index contributed by atoms with van der Waals surface area (Å²) < 4.78 is 10.7. The highest BCUT2D eigenvalue weighted by Crippen LogP contribution is 2.30. The third kappa shape index (κ3) is 5.01. The van der Waals surface area contributed by atoms with Gasteiger partial charge in [0, 0.05) is 12.5 Å². The third-order valence-corrected chi connectivity index (χ3v) is 3.43. The van der Waals surface area contributed by atoms with E-state index in [0.29, 0.717) is 18.4 Å². The average Bonchev–Trinajstić information content (AvgIpc) is 2.40. The molecule has 21 heavy (non-hydrogen) atoms. The summed E-state index contributed by atoms with van der Waals surface area (Å²) in [7, 11) is 1.36. The van der Waals surface area contributed by atoms with Crippen LogP contribution in [0.3, 0.4) is 0 Å². The molecule has 0 saturated carbocycles. The molecule has 0 aromatic heterocycles. The van der Waals surface area contributed by atoms with Crippen molar-refractivity contribution >= 4 is 11.9 Å². The van der Waals surface area contributed by atoms with Crippen LogP contribution in [0.2, 0.25) is 0 Å². The average molecular weight is 295 g/mol. The molecule has 0 spiro atoms. The van der Waals surface area contributed by atoms with Gasteiger partial charge in [0.15, 0.2) is 0 Å². The van der Waals surface area contributed by atoms with Crippen LogP contribution in [-0.4, -0.2) is 37.2 Å². The molecule has 0 radical (unpaired) electrons. The normalized spacial score (nSPS) is 25.2. The summed E-state index contributed by atoms with van der Waals surface area (Å²) in [4.78, 5) is 23.3. The highest BCUT2D eigenvalue weighted by atomic mass is 16.5. The summed E-state index contributed by atoms with van der Waals surface area (Å²) in [6.45, 7) is 9.09. The van der Waals surface area contributed by atoms with Crippen molar-refractivity contribution in [3.05, 3.63) is 24.3 Å². The number of carbonyl (C=O) groups is 2. The molecular weight excluding hydrogens is 270 g/mol. The molecule has 0 heterocycles. The molecule has 3 atom stereocenters. The molecule has 0 aromatic carbocycles. The molecule has 118 valence electrons. The maximum absolute atomic E-state index is 11.8. The fraction of sp³-hybridized carbons (Fsp3) is 0.625. The molecule has 0 saturated heterocycles. The second-order valence-corrected chi connectivity index (χ2v) is 5.55. The van der Waals surface area contributed by atoms with Crippen LogP contribution in [0.1, 0.15) is 33.6 Å². The van der Waals surface area contributed by atoms with Crippen LogP contribution >= 0.6 is 0 Å². The van der Waals surface area contributed by atoms with Gasteiger partial charge in [-0.2, -0.15) is 0 Å². The van der Waals surface area contributed by atoms with Crippen molar-refractivity contribution in [1.82, 2.24) is 5.32 Å². The Kier molecular flexibility index (Phi) is 6.62. The van der Waals surface area contributed by atoms with E-state index < -0.39 is 0 Å². The van der Waals surface area contributed by atoms with Gasteiger partial charge in [0.05, 0.1) is 25.4 Å². The lowest BCUT2D eigenvalue weighted by Crippen LogP contribution is -2.51. The Balaban J connectivity index is 3.08. The van der Waals surface area contributed by atoms with E-state index in [2.05, 4.69) is 11.9 Å². The molecule has 1 aliphatic rings. The minimum atomic E-state index is -0.346. The first-order valence-corrected chi connectivity index (χ1v) is 7.21. The first kappa shape index (κ1) is 17.4. The molecule has 1 rings (SSSR count). The molecule has 0 aromatic rings. The first-order valence-electron chi connectivity index (χ1n) is 7.21. The Hall–Kier alpha value is -1.62. The molecule has 5 nitrogen and oxygen atoms in total. The van der Waals surface area contributed by atoms with Gasteiger partial charge in [0.2, 0.25) is 5.91 Å². The SMILES string of the molecule is C=CC[C@H]1CC(C(=O)OC)=CC(OC(C)C)[C@@H]1NC(C)=O. The van der Waals surface area contributed by atoms with Crippen molar-refractivity contribution in [2.75, 3.05) is 7.11 Å². The predicted molar refractivity (Wildman–Crippen MR) is 80.6 cm³/mol. The number of esters is 1. The van der Waals surface area contributed by atoms with Crippen molar-refractivity contribution in [2.24, 2.45) is 5.92 Å². The van der Waals surface area contributed by atoms with Gasteiger partial charge in [-0.25, -0.2) is 4.79 Å². The van der Waals surface area contributed by atoms with Gasteiger partial charge >= 0.3 is 5.97 Å². The zero-order valence-corrected chi connectivity index (χ0v) is 13.2. The number of nitrogens with one attached hydrogen (secondary N) is 1. The van der Waals surface area contributed by atoms with Crippen LogP contribution in [0.15, 0.2) is 24.3 Å². The first-order chi connectivity index (χ1) is 9.88. The standard InChI is InChI=1S/C16H25NO4/c1-6-7-12-8-13(16(19)20-5)9-14(21-10(2)3)15(12)17-11(4)18/h6,9-10,12,14-15H,1,7-8H2,2-5H3,(H,17,18)/t12-,14?,15+/m0/s1. The Morgan fingerprint density at radius 1 is 1.52 bits per heavy atom. The topological polar surface area (TPSA) is 64.6 Å². The highest BCUT2D eigenvalue weighted by molar-refractivity contribution is 5.88. The van der Waals surface area contributed by atoms with E-state index in [4.69, 9.17) is 9.47 Å². The number of hydrogen-bond donors (Lipinski definition) is 1. The Morgan fingerprint density at radius 3 is 2.67 bits per heavy atom. The zero-order valence-electron chi connectivity index (χ0n) is 13.2. The maximum Gasteiger partial charge on any atom is 0.333 e. The quantitative estimate of drug-likeness (QED) is 0.601. The van der Waals surface area contributed by atoms with Gasteiger partial charge < -0.3 is 14.8 Å². The lowest BCUT2D eigenvalue weighted by Gasteiger charge is -2.37. The van der Waals surface area contributed by atoms with Crippen LogP contribution in [-0.2, 0) is 19.1 Å². The van der Waals surface area contributed by atoms with E-state index in [1.165, 1.54) is 14.0 Å². The predicted octanol–water partition coefficient (Wildman–Crippen LogP) is 1.98. The van der Waals surface area contributed by atoms with Gasteiger partial charge in [0.25, 0.3) is 0 Å². The maximum atomic E-state index is 11.8. The second kappa shape index (κ2) is 7.98. The molecule has 1 amide bonds. The molecule has 0 bridgehead atoms. The van der Waals surface area contributed by atoms with Gasteiger partial charge in [-0.1, -0.05) is 6.08 Å². The number of hydrogen-bond acceptors (Lipinski definition) is 4. The van der Waals surface area contributed by atoms with E-state index in [0.717, 1.165) is 0 Å². The van der Waals surface area contributed by atoms with Crippen LogP contribution in [0.25, 0.3) is 0 Å². The van der Waals surface area contributed by atoms with Gasteiger partial charge in [-0.05, 0) is 38.7 Å². The minimum Gasteiger partial charge on any atom is -0.466 e. The lowest BCUT2D eigenvalue weighted by atomic mass is 9.80. The van der Waals surface area contributed by atoms with Crippen LogP contribution in [0.4, 0.5) is 0 Å². The molecular formula is C16H25NO4. The minimum absolute atomic E-state index is 0.0103. The van der Waals surface area contributed by atoms with Crippen LogP contribution in [0.5, 0.6) is 0 Å². The Bertz CT molecular complexity index is 428. The molecule has 0 aliphatic heterocycles. The van der Waals surface area contributed by atoms with Crippen molar-refractivity contribution in [3.63, 3.8) is 0 Å². The van der Waals surface area contributed by atoms with E-state index in [1.807, 2.05) is 13.8 Å². The summed E-state index contributed by atoms with van der Waals surface area (Å²) in [5, 5.41) is 2.94. The van der Waals surface area contributed by atoms with Gasteiger partial charge in [-0.3, -0.25) is 4.79 Å². The third-order valence-electron chi connectivity index (χ3n) is 3.43. The number of amides is 1. The van der Waals surface area contributed by atoms with E-state index in [1.54, 1.807) is 12.2 Å². The highest BCUT2D eigenvalue weighted by Gasteiger charge is 2.36. The molecule has 1 N–H and O–H groups in total. The number of carbonyl (C=O) groups excluding carboxylic acids is 2. The second-order valence-electron chi connectivity index (χ2n) is 5.55. The number of methoxy groups -OCH3 is 1. The van der Waals surface area contributed by atoms with E-state index in [9.17, 15) is 9.59 Å². The lowest BCUT2D eigenvalue weighted by molar-refractivity contribution is -0.136. The number of ether oxygens (including phenoxy) is 2. The van der Waals surface area contributed by atoms with Crippen molar-refractivity contribution in [2.45, 2.75) is 51.9 Å². The Labute approximate surface area is 126 Å². The van der Waals surface area contributed by atoms with Gasteiger partial charge in [0.1, 0.15) is 0 Å². The van der Waals surface area contributed by atoms with Crippen LogP contribution in [0, 0.1) is 5.92 Å². The van der Waals surface area contributed by atoms with Crippen LogP contribution < -0.4 is 5.32 Å². The molecule has 0 fully saturated rings. The molecule has 1 unspecified atom stereocenters. The summed E-state index contributed by atoms with van der Waals surface area (Å²) in [6, 6.07) is -0.170. The smallest absolute Gasteiger partial charge is 0.333 e. The fourth-order valence-electron chi connectivity index (χ4n) is 2.65. The number of allylic oxidation sites excluding steroid dienone is 1. The monoisotopic (exact) mass is 295 g/mol. The van der Waals surface area contributed by atoms with Crippen molar-refractivity contribution in [3.8, 4) is 0 Å². The summed E-state index contributed by atoms with van der Waals surface area (Å²) in [5.41, 5.74) is 0.594. The van der Waals surface area contributed by atoms with Crippen molar-refractivity contribution in [1.29, 1.82) is 0 Å². The zero-order chi connectivity index (χ0) is 16.0. The summed E-state index contributed by atoms with van der Waals surface area (Å²) in [6.07, 6.45) is 4.45. The molecule has 1 aliphatic carbocycles. The van der Waals surface area contributed by atoms with E-state index >= 15 is 0 Å². The largest absolute Gasteiger partial charge is 0.466 e. The van der Waals surface area contributed by atoms with E-state index in [-0.39, 0.29) is 36.0 Å². The van der Waals surface area contributed by atoms with Gasteiger partial charge in [-0.15, -0.1) is 6.58 Å².